The summed E-state index contributed by atoms with van der Waals surface area (Å²) in [6.07, 6.45) is 6.29. The van der Waals surface area contributed by atoms with Gasteiger partial charge in [0.15, 0.2) is 9.84 Å². The van der Waals surface area contributed by atoms with E-state index in [0.29, 0.717) is 15.8 Å². The van der Waals surface area contributed by atoms with Crippen LogP contribution in [0.5, 0.6) is 0 Å². The van der Waals surface area contributed by atoms with Crippen LogP contribution in [-0.2, 0) is 9.84 Å². The molecule has 3 rings (SSSR count). The lowest BCUT2D eigenvalue weighted by atomic mass is 9.92. The lowest BCUT2D eigenvalue weighted by Gasteiger charge is -2.27. The zero-order valence-corrected chi connectivity index (χ0v) is 12.7. The largest absolute Gasteiger partial charge is 0.437 e. The Morgan fingerprint density at radius 3 is 2.40 bits per heavy atom. The first-order chi connectivity index (χ1) is 9.47. The molecule has 1 aromatic heterocycles. The Hall–Kier alpha value is -1.40. The highest BCUT2D eigenvalue weighted by Gasteiger charge is 2.24. The van der Waals surface area contributed by atoms with Crippen molar-refractivity contribution in [3.05, 3.63) is 35.4 Å². The molecule has 106 valence electrons. The fraction of sp³-hybridized carbons (Fsp3) is 0.357. The zero-order chi connectivity index (χ0) is 14.3. The van der Waals surface area contributed by atoms with Crippen molar-refractivity contribution in [3.63, 3.8) is 0 Å². The average molecular weight is 309 g/mol. The molecule has 0 bridgehead atoms. The zero-order valence-electron chi connectivity index (χ0n) is 11.1. The van der Waals surface area contributed by atoms with E-state index >= 15 is 0 Å². The molecule has 0 saturated heterocycles. The van der Waals surface area contributed by atoms with Crippen LogP contribution >= 0.6 is 12.2 Å². The molecule has 0 aliphatic heterocycles. The minimum atomic E-state index is -3.17. The first-order valence-electron chi connectivity index (χ1n) is 6.47. The number of aromatic nitrogens is 1. The highest BCUT2D eigenvalue weighted by atomic mass is 32.2. The van der Waals surface area contributed by atoms with Gasteiger partial charge in [-0.15, -0.1) is 0 Å². The number of rotatable bonds is 3. The Morgan fingerprint density at radius 1 is 1.25 bits per heavy atom. The first kappa shape index (κ1) is 13.6. The van der Waals surface area contributed by atoms with Gasteiger partial charge < -0.3 is 4.42 Å². The van der Waals surface area contributed by atoms with Gasteiger partial charge in [-0.25, -0.2) is 8.42 Å². The highest BCUT2D eigenvalue weighted by molar-refractivity contribution is 7.90. The topological polar surface area (TPSA) is 52.2 Å². The molecule has 0 spiro atoms. The van der Waals surface area contributed by atoms with Crippen LogP contribution in [-0.4, -0.2) is 19.2 Å². The van der Waals surface area contributed by atoms with Gasteiger partial charge in [0.2, 0.25) is 0 Å². The molecule has 4 nitrogen and oxygen atoms in total. The van der Waals surface area contributed by atoms with Gasteiger partial charge in [-0.2, -0.15) is 0 Å². The Balaban J connectivity index is 2.03. The van der Waals surface area contributed by atoms with E-state index in [2.05, 4.69) is 0 Å². The van der Waals surface area contributed by atoms with Gasteiger partial charge in [0.1, 0.15) is 6.26 Å². The second-order valence-electron chi connectivity index (χ2n) is 5.14. The van der Waals surface area contributed by atoms with Crippen molar-refractivity contribution in [3.8, 4) is 11.3 Å². The van der Waals surface area contributed by atoms with E-state index in [1.165, 1.54) is 12.7 Å². The molecular weight excluding hydrogens is 294 g/mol. The summed E-state index contributed by atoms with van der Waals surface area (Å²) in [5.41, 5.74) is 1.84. The summed E-state index contributed by atoms with van der Waals surface area (Å²) >= 11 is 5.23. The minimum Gasteiger partial charge on any atom is -0.437 e. The van der Waals surface area contributed by atoms with Crippen LogP contribution in [0.4, 0.5) is 0 Å². The lowest BCUT2D eigenvalue weighted by molar-refractivity contribution is 0.301. The third-order valence-corrected chi connectivity index (χ3v) is 5.17. The van der Waals surface area contributed by atoms with E-state index in [0.717, 1.165) is 24.1 Å². The van der Waals surface area contributed by atoms with Crippen molar-refractivity contribution in [2.45, 2.75) is 30.2 Å². The van der Waals surface area contributed by atoms with Crippen molar-refractivity contribution < 1.29 is 12.8 Å². The number of hydrogen-bond acceptors (Lipinski definition) is 4. The van der Waals surface area contributed by atoms with Crippen LogP contribution in [0, 0.1) is 4.84 Å². The van der Waals surface area contributed by atoms with Gasteiger partial charge in [-0.05, 0) is 43.6 Å². The van der Waals surface area contributed by atoms with Crippen LogP contribution < -0.4 is 0 Å². The molecule has 1 aromatic carbocycles. The molecule has 6 heteroatoms. The molecule has 1 aliphatic rings. The van der Waals surface area contributed by atoms with Gasteiger partial charge in [0, 0.05) is 17.9 Å². The van der Waals surface area contributed by atoms with Crippen LogP contribution in [0.2, 0.25) is 0 Å². The maximum atomic E-state index is 11.5. The number of benzene rings is 1. The maximum absolute atomic E-state index is 11.5. The molecule has 0 radical (unpaired) electrons. The predicted octanol–water partition coefficient (Wildman–Crippen LogP) is 3.61. The smallest absolute Gasteiger partial charge is 0.269 e. The molecule has 1 heterocycles. The van der Waals surface area contributed by atoms with Gasteiger partial charge >= 0.3 is 0 Å². The summed E-state index contributed by atoms with van der Waals surface area (Å²) in [4.78, 5) is 0.801. The fourth-order valence-electron chi connectivity index (χ4n) is 2.39. The summed E-state index contributed by atoms with van der Waals surface area (Å²) in [6, 6.07) is 7.24. The highest BCUT2D eigenvalue weighted by Crippen LogP contribution is 2.36. The van der Waals surface area contributed by atoms with Crippen LogP contribution in [0.15, 0.2) is 39.8 Å². The third kappa shape index (κ3) is 2.33. The number of oxazole rings is 1. The third-order valence-electron chi connectivity index (χ3n) is 3.75. The molecule has 0 N–H and O–H groups in total. The van der Waals surface area contributed by atoms with Crippen molar-refractivity contribution >= 4 is 22.1 Å². The van der Waals surface area contributed by atoms with Gasteiger partial charge in [0.05, 0.1) is 10.6 Å². The second-order valence-corrected chi connectivity index (χ2v) is 7.50. The van der Waals surface area contributed by atoms with Crippen LogP contribution in [0.1, 0.15) is 25.3 Å². The fourth-order valence-corrected chi connectivity index (χ4v) is 3.31. The molecule has 0 unspecified atom stereocenters. The SMILES string of the molecule is CS(=O)(=O)c1ccc(-c2coc(=S)n2C2CCC2)cc1. The Kier molecular flexibility index (Phi) is 3.30. The lowest BCUT2D eigenvalue weighted by Crippen LogP contribution is -2.17. The Bertz CT molecular complexity index is 781. The molecule has 0 amide bonds. The standard InChI is InChI=1S/C14H15NO3S2/c1-20(16,17)12-7-5-10(6-8-12)13-9-18-14(19)15(13)11-3-2-4-11/h5-9,11H,2-4H2,1H3. The average Bonchev–Trinajstić information content (AvgIpc) is 2.69. The van der Waals surface area contributed by atoms with Gasteiger partial charge in [-0.1, -0.05) is 12.1 Å². The molecule has 2 aromatic rings. The molecule has 1 fully saturated rings. The maximum Gasteiger partial charge on any atom is 0.269 e. The van der Waals surface area contributed by atoms with E-state index < -0.39 is 9.84 Å². The van der Waals surface area contributed by atoms with E-state index in [4.69, 9.17) is 16.6 Å². The summed E-state index contributed by atoms with van der Waals surface area (Å²) < 4.78 is 30.3. The van der Waals surface area contributed by atoms with Crippen molar-refractivity contribution in [2.75, 3.05) is 6.26 Å². The molecule has 1 saturated carbocycles. The van der Waals surface area contributed by atoms with E-state index in [1.54, 1.807) is 30.5 Å². The normalized spacial score (nSPS) is 16.1. The molecule has 0 atom stereocenters. The molecular formula is C14H15NO3S2. The number of sulfone groups is 1. The molecule has 20 heavy (non-hydrogen) atoms. The quantitative estimate of drug-likeness (QED) is 0.813. The van der Waals surface area contributed by atoms with E-state index in [1.807, 2.05) is 4.57 Å². The van der Waals surface area contributed by atoms with E-state index in [9.17, 15) is 8.42 Å². The first-order valence-corrected chi connectivity index (χ1v) is 8.77. The molecule has 1 aliphatic carbocycles. The van der Waals surface area contributed by atoms with Crippen LogP contribution in [0.3, 0.4) is 0 Å². The van der Waals surface area contributed by atoms with Crippen molar-refractivity contribution in [2.24, 2.45) is 0 Å². The summed E-state index contributed by atoms with van der Waals surface area (Å²) in [5, 5.41) is 0. The summed E-state index contributed by atoms with van der Waals surface area (Å²) in [6.45, 7) is 0. The van der Waals surface area contributed by atoms with Crippen LogP contribution in [0.25, 0.3) is 11.3 Å². The predicted molar refractivity (Wildman–Crippen MR) is 79.0 cm³/mol. The Labute approximate surface area is 123 Å². The Morgan fingerprint density at radius 2 is 1.90 bits per heavy atom. The van der Waals surface area contributed by atoms with Gasteiger partial charge in [0.25, 0.3) is 4.84 Å². The summed E-state index contributed by atoms with van der Waals surface area (Å²) in [5.74, 6) is 0. The van der Waals surface area contributed by atoms with Crippen molar-refractivity contribution in [1.29, 1.82) is 0 Å². The number of hydrogen-bond donors (Lipinski definition) is 0. The van der Waals surface area contributed by atoms with Crippen molar-refractivity contribution in [1.82, 2.24) is 4.57 Å². The minimum absolute atomic E-state index is 0.318. The summed E-state index contributed by atoms with van der Waals surface area (Å²) in [7, 11) is -3.17. The van der Waals surface area contributed by atoms with E-state index in [-0.39, 0.29) is 0 Å². The van der Waals surface area contributed by atoms with Gasteiger partial charge in [-0.3, -0.25) is 4.57 Å². The second kappa shape index (κ2) is 4.86. The monoisotopic (exact) mass is 309 g/mol. The number of nitrogens with zero attached hydrogens (tertiary/aromatic N) is 1.